The summed E-state index contributed by atoms with van der Waals surface area (Å²) in [6.45, 7) is 7.80. The van der Waals surface area contributed by atoms with Gasteiger partial charge in [0.25, 0.3) is 0 Å². The van der Waals surface area contributed by atoms with Gasteiger partial charge in [0.05, 0.1) is 0 Å². The van der Waals surface area contributed by atoms with Crippen LogP contribution in [-0.4, -0.2) is 42.5 Å². The number of aliphatic hydroxyl groups is 1. The van der Waals surface area contributed by atoms with Gasteiger partial charge in [-0.15, -0.1) is 0 Å². The summed E-state index contributed by atoms with van der Waals surface area (Å²) >= 11 is -2.53. The van der Waals surface area contributed by atoms with E-state index in [1.807, 2.05) is 12.1 Å². The van der Waals surface area contributed by atoms with Gasteiger partial charge in [-0.2, -0.15) is 0 Å². The Kier molecular flexibility index (Phi) is 12.1. The van der Waals surface area contributed by atoms with Crippen LogP contribution in [0.2, 0.25) is 13.3 Å². The third kappa shape index (κ3) is 7.77. The predicted molar refractivity (Wildman–Crippen MR) is 141 cm³/mol. The zero-order valence-electron chi connectivity index (χ0n) is 21.1. The molecule has 0 heterocycles. The average Bonchev–Trinajstić information content (AvgIpc) is 2.80. The topological polar surface area (TPSA) is 32.7 Å². The molecule has 0 radical (unpaired) electrons. The Hall–Kier alpha value is -1.04. The van der Waals surface area contributed by atoms with Gasteiger partial charge in [-0.1, -0.05) is 0 Å². The van der Waals surface area contributed by atoms with Crippen LogP contribution in [0.3, 0.4) is 0 Å². The minimum atomic E-state index is -2.53. The van der Waals surface area contributed by atoms with Crippen LogP contribution in [-0.2, 0) is 13.2 Å². The van der Waals surface area contributed by atoms with Crippen molar-refractivity contribution in [1.82, 2.24) is 4.90 Å². The number of benzene rings is 2. The molecule has 0 amide bonds. The van der Waals surface area contributed by atoms with Crippen LogP contribution in [0.4, 0.5) is 0 Å². The van der Waals surface area contributed by atoms with Crippen LogP contribution >= 0.6 is 0 Å². The number of aliphatic hydroxyl groups excluding tert-OH is 1. The van der Waals surface area contributed by atoms with Crippen LogP contribution in [0.1, 0.15) is 70.4 Å². The van der Waals surface area contributed by atoms with Crippen molar-refractivity contribution < 1.29 is 9.84 Å². The molecule has 0 aliphatic heterocycles. The Labute approximate surface area is 201 Å². The van der Waals surface area contributed by atoms with Crippen molar-refractivity contribution in [2.75, 3.05) is 14.1 Å². The molecular formula is C28H45NO2Sn. The number of nitrogens with zero attached hydrogens (tertiary/aromatic N) is 1. The fourth-order valence-electron chi connectivity index (χ4n) is 4.68. The maximum absolute atomic E-state index is 10.3. The van der Waals surface area contributed by atoms with Crippen LogP contribution in [0.15, 0.2) is 42.5 Å². The third-order valence-corrected chi connectivity index (χ3v) is 22.2. The Morgan fingerprint density at radius 2 is 1.34 bits per heavy atom. The third-order valence-electron chi connectivity index (χ3n) is 6.55. The number of hydrogen-bond donors (Lipinski definition) is 1. The second-order valence-corrected chi connectivity index (χ2v) is 22.8. The molecule has 0 fully saturated rings. The molecule has 178 valence electrons. The van der Waals surface area contributed by atoms with E-state index in [1.165, 1.54) is 51.8 Å². The van der Waals surface area contributed by atoms with E-state index in [0.717, 1.165) is 29.2 Å². The first-order valence-corrected chi connectivity index (χ1v) is 20.1. The summed E-state index contributed by atoms with van der Waals surface area (Å²) in [5.41, 5.74) is 2.10. The summed E-state index contributed by atoms with van der Waals surface area (Å²) in [7, 11) is 4.14. The van der Waals surface area contributed by atoms with E-state index in [2.05, 4.69) is 70.1 Å². The van der Waals surface area contributed by atoms with Crippen molar-refractivity contribution in [1.29, 1.82) is 0 Å². The van der Waals surface area contributed by atoms with Gasteiger partial charge in [0.1, 0.15) is 0 Å². The molecule has 0 atom stereocenters. The van der Waals surface area contributed by atoms with Crippen LogP contribution in [0, 0.1) is 0 Å². The van der Waals surface area contributed by atoms with Crippen molar-refractivity contribution in [2.45, 2.75) is 85.8 Å². The molecule has 3 nitrogen and oxygen atoms in total. The summed E-state index contributed by atoms with van der Waals surface area (Å²) < 4.78 is 12.3. The summed E-state index contributed by atoms with van der Waals surface area (Å²) in [4.78, 5) is 2.15. The second kappa shape index (κ2) is 14.3. The van der Waals surface area contributed by atoms with Crippen LogP contribution < -0.4 is 8.32 Å². The molecular weight excluding hydrogens is 501 g/mol. The zero-order valence-corrected chi connectivity index (χ0v) is 24.0. The monoisotopic (exact) mass is 547 g/mol. The first-order valence-electron chi connectivity index (χ1n) is 12.6. The molecule has 0 bridgehead atoms. The van der Waals surface area contributed by atoms with Gasteiger partial charge in [-0.3, -0.25) is 0 Å². The molecule has 4 heteroatoms. The fourth-order valence-corrected chi connectivity index (χ4v) is 20.7. The fraction of sp³-hybridized carbons (Fsp3) is 0.571. The standard InChI is InChI=1S/C16H18NO2.3C4H9.Sn/c1-17(2)11-13-7-3-5-9-15(13)19-16-10-6-4-8-14(16)12-18;3*1-3-4-2;/h3,5-10,18H,11-12H2,1-2H3;3*1,3-4H2,2H3;. The summed E-state index contributed by atoms with van der Waals surface area (Å²) in [6, 6.07) is 15.0. The van der Waals surface area contributed by atoms with E-state index >= 15 is 0 Å². The van der Waals surface area contributed by atoms with Gasteiger partial charge in [0.15, 0.2) is 0 Å². The Balaban J connectivity index is 2.41. The number of unbranched alkanes of at least 4 members (excludes halogenated alkanes) is 3. The van der Waals surface area contributed by atoms with E-state index in [9.17, 15) is 5.11 Å². The van der Waals surface area contributed by atoms with Crippen molar-refractivity contribution in [3.63, 3.8) is 0 Å². The zero-order chi connectivity index (χ0) is 23.4. The van der Waals surface area contributed by atoms with E-state index in [1.54, 1.807) is 3.58 Å². The van der Waals surface area contributed by atoms with E-state index < -0.39 is 18.4 Å². The van der Waals surface area contributed by atoms with E-state index in [0.29, 0.717) is 0 Å². The normalized spacial score (nSPS) is 11.8. The number of para-hydroxylation sites is 1. The molecule has 0 aromatic heterocycles. The SMILES string of the molecule is CCC[CH2][Sn]([CH2]CCC)([CH2]CCC)[c]1ccc(Oc2ccccc2CN(C)C)c(CO)c1. The minimum absolute atomic E-state index is 0.0241. The molecule has 0 spiro atoms. The Bertz CT molecular complexity index is 784. The second-order valence-electron chi connectivity index (χ2n) is 9.52. The van der Waals surface area contributed by atoms with Gasteiger partial charge in [0, 0.05) is 0 Å². The average molecular weight is 546 g/mol. The van der Waals surface area contributed by atoms with Crippen LogP contribution in [0.5, 0.6) is 11.5 Å². The quantitative estimate of drug-likeness (QED) is 0.242. The first kappa shape index (κ1) is 27.2. The molecule has 2 rings (SSSR count). The van der Waals surface area contributed by atoms with Gasteiger partial charge < -0.3 is 0 Å². The Morgan fingerprint density at radius 1 is 0.781 bits per heavy atom. The van der Waals surface area contributed by atoms with Gasteiger partial charge in [-0.05, 0) is 0 Å². The summed E-state index contributed by atoms with van der Waals surface area (Å²) in [6.07, 6.45) is 7.84. The molecule has 0 aliphatic rings. The van der Waals surface area contributed by atoms with Crippen molar-refractivity contribution in [3.8, 4) is 11.5 Å². The molecule has 32 heavy (non-hydrogen) atoms. The van der Waals surface area contributed by atoms with Gasteiger partial charge >= 0.3 is 202 Å². The van der Waals surface area contributed by atoms with Crippen LogP contribution in [0.25, 0.3) is 0 Å². The number of rotatable bonds is 15. The predicted octanol–water partition coefficient (Wildman–Crippen LogP) is 7.09. The molecule has 0 saturated carbocycles. The first-order chi connectivity index (χ1) is 15.5. The molecule has 0 aliphatic carbocycles. The van der Waals surface area contributed by atoms with Crippen molar-refractivity contribution in [2.24, 2.45) is 0 Å². The van der Waals surface area contributed by atoms with Gasteiger partial charge in [0.2, 0.25) is 0 Å². The molecule has 2 aromatic rings. The Morgan fingerprint density at radius 3 is 1.88 bits per heavy atom. The molecule has 1 N–H and O–H groups in total. The van der Waals surface area contributed by atoms with Crippen molar-refractivity contribution >= 4 is 22.0 Å². The molecule has 0 unspecified atom stereocenters. The molecule has 0 saturated heterocycles. The van der Waals surface area contributed by atoms with Crippen molar-refractivity contribution in [3.05, 3.63) is 53.6 Å². The number of hydrogen-bond acceptors (Lipinski definition) is 3. The van der Waals surface area contributed by atoms with E-state index in [4.69, 9.17) is 4.74 Å². The van der Waals surface area contributed by atoms with Gasteiger partial charge in [-0.25, -0.2) is 0 Å². The number of ether oxygens (including phenoxy) is 1. The molecule has 2 aromatic carbocycles. The maximum atomic E-state index is 10.3. The summed E-state index contributed by atoms with van der Waals surface area (Å²) in [5.74, 6) is 1.67. The summed E-state index contributed by atoms with van der Waals surface area (Å²) in [5, 5.41) is 10.3. The van der Waals surface area contributed by atoms with E-state index in [-0.39, 0.29) is 6.61 Å².